The number of anilines is 1. The fourth-order valence-corrected chi connectivity index (χ4v) is 2.26. The number of halogens is 1. The molecule has 2 rings (SSSR count). The van der Waals surface area contributed by atoms with Gasteiger partial charge in [0.1, 0.15) is 0 Å². The largest absolute Gasteiger partial charge is 0.326 e. The van der Waals surface area contributed by atoms with Crippen molar-refractivity contribution in [3.8, 4) is 0 Å². The summed E-state index contributed by atoms with van der Waals surface area (Å²) in [4.78, 5) is 11.9. The highest BCUT2D eigenvalue weighted by molar-refractivity contribution is 8.00. The Morgan fingerprint density at radius 3 is 2.38 bits per heavy atom. The van der Waals surface area contributed by atoms with Gasteiger partial charge in [-0.25, -0.2) is 5.48 Å². The number of hydroxylamine groups is 1. The molecule has 0 aliphatic heterocycles. The van der Waals surface area contributed by atoms with E-state index in [1.54, 1.807) is 6.08 Å². The quantitative estimate of drug-likeness (QED) is 0.337. The zero-order chi connectivity index (χ0) is 15.1. The lowest BCUT2D eigenvalue weighted by Crippen LogP contribution is -2.14. The van der Waals surface area contributed by atoms with Gasteiger partial charge >= 0.3 is 0 Å². The topological polar surface area (TPSA) is 61.4 Å². The number of carbonyl (C=O) groups excluding carboxylic acids is 1. The Balaban J connectivity index is 1.91. The molecule has 6 heteroatoms. The third-order valence-electron chi connectivity index (χ3n) is 2.55. The molecule has 21 heavy (non-hydrogen) atoms. The van der Waals surface area contributed by atoms with E-state index in [0.717, 1.165) is 16.1 Å². The van der Waals surface area contributed by atoms with Gasteiger partial charge in [0, 0.05) is 21.7 Å². The second kappa shape index (κ2) is 7.73. The van der Waals surface area contributed by atoms with Crippen LogP contribution in [0, 0.1) is 0 Å². The number of nitrogens with one attached hydrogen (secondary N) is 2. The minimum Gasteiger partial charge on any atom is -0.326 e. The summed E-state index contributed by atoms with van der Waals surface area (Å²) in [6.07, 6.45) is 2.87. The molecule has 1 amide bonds. The molecule has 0 saturated heterocycles. The molecule has 0 aromatic heterocycles. The molecule has 2 aromatic carbocycles. The molecule has 0 heterocycles. The summed E-state index contributed by atoms with van der Waals surface area (Å²) in [5.74, 6) is -0.560. The smallest absolute Gasteiger partial charge is 0.267 e. The average Bonchev–Trinajstić information content (AvgIpc) is 2.53. The van der Waals surface area contributed by atoms with Crippen LogP contribution in [0.5, 0.6) is 0 Å². The van der Waals surface area contributed by atoms with E-state index in [0.29, 0.717) is 5.02 Å². The Labute approximate surface area is 131 Å². The maximum Gasteiger partial charge on any atom is 0.267 e. The normalized spacial score (nSPS) is 10.6. The summed E-state index contributed by atoms with van der Waals surface area (Å²) in [6, 6.07) is 15.1. The van der Waals surface area contributed by atoms with Gasteiger partial charge in [-0.3, -0.25) is 10.0 Å². The summed E-state index contributed by atoms with van der Waals surface area (Å²) in [5, 5.41) is 9.09. The van der Waals surface area contributed by atoms with Crippen molar-refractivity contribution < 1.29 is 10.0 Å². The Hall–Kier alpha value is -1.95. The third kappa shape index (κ3) is 5.15. The molecular formula is C15H13ClN2O2S. The van der Waals surface area contributed by atoms with Gasteiger partial charge in [-0.05, 0) is 60.0 Å². The molecule has 0 fully saturated rings. The van der Waals surface area contributed by atoms with E-state index < -0.39 is 5.91 Å². The zero-order valence-electron chi connectivity index (χ0n) is 10.9. The van der Waals surface area contributed by atoms with Gasteiger partial charge in [0.05, 0.1) is 0 Å². The summed E-state index contributed by atoms with van der Waals surface area (Å²) in [7, 11) is 0. The van der Waals surface area contributed by atoms with Crippen LogP contribution in [-0.4, -0.2) is 11.1 Å². The van der Waals surface area contributed by atoms with Gasteiger partial charge in [-0.15, -0.1) is 0 Å². The van der Waals surface area contributed by atoms with Gasteiger partial charge in [-0.2, -0.15) is 0 Å². The van der Waals surface area contributed by atoms with Crippen molar-refractivity contribution in [2.75, 3.05) is 4.72 Å². The van der Waals surface area contributed by atoms with Crippen LogP contribution in [0.25, 0.3) is 6.08 Å². The zero-order valence-corrected chi connectivity index (χ0v) is 12.5. The van der Waals surface area contributed by atoms with Crippen molar-refractivity contribution in [3.05, 3.63) is 65.2 Å². The minimum atomic E-state index is -0.560. The Bertz CT molecular complexity index is 627. The first-order valence-electron chi connectivity index (χ1n) is 6.08. The molecule has 0 unspecified atom stereocenters. The number of benzene rings is 2. The predicted molar refractivity (Wildman–Crippen MR) is 86.3 cm³/mol. The van der Waals surface area contributed by atoms with Gasteiger partial charge < -0.3 is 4.72 Å². The lowest BCUT2D eigenvalue weighted by atomic mass is 10.2. The highest BCUT2D eigenvalue weighted by atomic mass is 35.5. The Morgan fingerprint density at radius 2 is 1.76 bits per heavy atom. The Kier molecular flexibility index (Phi) is 5.68. The summed E-state index contributed by atoms with van der Waals surface area (Å²) in [5.41, 5.74) is 3.34. The van der Waals surface area contributed by atoms with Crippen LogP contribution in [0.2, 0.25) is 5.02 Å². The summed E-state index contributed by atoms with van der Waals surface area (Å²) >= 11 is 7.31. The third-order valence-corrected chi connectivity index (χ3v) is 3.65. The molecule has 3 N–H and O–H groups in total. The van der Waals surface area contributed by atoms with Crippen molar-refractivity contribution >= 4 is 41.2 Å². The number of carbonyl (C=O) groups is 1. The molecule has 0 radical (unpaired) electrons. The predicted octanol–water partition coefficient (Wildman–Crippen LogP) is 3.98. The van der Waals surface area contributed by atoms with E-state index in [1.807, 2.05) is 48.5 Å². The minimum absolute atomic E-state index is 0.560. The molecule has 0 saturated carbocycles. The van der Waals surface area contributed by atoms with Crippen molar-refractivity contribution in [3.63, 3.8) is 0 Å². The number of hydrogen-bond donors (Lipinski definition) is 3. The van der Waals surface area contributed by atoms with Crippen molar-refractivity contribution in [1.82, 2.24) is 5.48 Å². The van der Waals surface area contributed by atoms with E-state index in [9.17, 15) is 4.79 Å². The molecular weight excluding hydrogens is 308 g/mol. The Morgan fingerprint density at radius 1 is 1.10 bits per heavy atom. The van der Waals surface area contributed by atoms with Crippen LogP contribution < -0.4 is 10.2 Å². The maximum atomic E-state index is 10.9. The molecule has 0 aliphatic rings. The fourth-order valence-electron chi connectivity index (χ4n) is 1.49. The standard InChI is InChI=1S/C15H13ClN2O2S/c16-12-4-8-14(9-5-12)21-18-13-6-1-11(2-7-13)3-10-15(19)17-20/h1-10,18,20H,(H,17,19)/b10-3+. The summed E-state index contributed by atoms with van der Waals surface area (Å²) in [6.45, 7) is 0. The van der Waals surface area contributed by atoms with Crippen molar-refractivity contribution in [2.45, 2.75) is 4.90 Å². The SMILES string of the molecule is O=C(/C=C/c1ccc(NSc2ccc(Cl)cc2)cc1)NO. The molecule has 0 spiro atoms. The van der Waals surface area contributed by atoms with E-state index in [1.165, 1.54) is 23.5 Å². The maximum absolute atomic E-state index is 10.9. The molecule has 4 nitrogen and oxygen atoms in total. The lowest BCUT2D eigenvalue weighted by Gasteiger charge is -2.05. The molecule has 0 atom stereocenters. The van der Waals surface area contributed by atoms with E-state index in [-0.39, 0.29) is 0 Å². The van der Waals surface area contributed by atoms with Gasteiger partial charge in [0.25, 0.3) is 5.91 Å². The monoisotopic (exact) mass is 320 g/mol. The molecule has 0 bridgehead atoms. The van der Waals surface area contributed by atoms with Crippen LogP contribution in [-0.2, 0) is 4.79 Å². The van der Waals surface area contributed by atoms with Crippen LogP contribution in [0.1, 0.15) is 5.56 Å². The fraction of sp³-hybridized carbons (Fsp3) is 0. The molecule has 108 valence electrons. The molecule has 2 aromatic rings. The van der Waals surface area contributed by atoms with E-state index in [2.05, 4.69) is 4.72 Å². The first-order chi connectivity index (χ1) is 10.2. The van der Waals surface area contributed by atoms with Crippen molar-refractivity contribution in [2.24, 2.45) is 0 Å². The first kappa shape index (κ1) is 15.4. The van der Waals surface area contributed by atoms with Crippen LogP contribution in [0.4, 0.5) is 5.69 Å². The summed E-state index contributed by atoms with van der Waals surface area (Å²) < 4.78 is 3.21. The highest BCUT2D eigenvalue weighted by Gasteiger charge is 1.96. The van der Waals surface area contributed by atoms with Crippen LogP contribution in [0.15, 0.2) is 59.5 Å². The van der Waals surface area contributed by atoms with Gasteiger partial charge in [-0.1, -0.05) is 23.7 Å². The lowest BCUT2D eigenvalue weighted by molar-refractivity contribution is -0.124. The highest BCUT2D eigenvalue weighted by Crippen LogP contribution is 2.23. The second-order valence-electron chi connectivity index (χ2n) is 4.09. The first-order valence-corrected chi connectivity index (χ1v) is 7.27. The van der Waals surface area contributed by atoms with Crippen LogP contribution in [0.3, 0.4) is 0 Å². The van der Waals surface area contributed by atoms with Crippen LogP contribution >= 0.6 is 23.5 Å². The van der Waals surface area contributed by atoms with E-state index in [4.69, 9.17) is 16.8 Å². The van der Waals surface area contributed by atoms with E-state index >= 15 is 0 Å². The number of amides is 1. The average molecular weight is 321 g/mol. The number of hydrogen-bond acceptors (Lipinski definition) is 4. The second-order valence-corrected chi connectivity index (χ2v) is 5.41. The van der Waals surface area contributed by atoms with Gasteiger partial charge in [0.2, 0.25) is 0 Å². The van der Waals surface area contributed by atoms with Gasteiger partial charge in [0.15, 0.2) is 0 Å². The molecule has 0 aliphatic carbocycles. The number of rotatable bonds is 5. The van der Waals surface area contributed by atoms with Crippen molar-refractivity contribution in [1.29, 1.82) is 0 Å².